The van der Waals surface area contributed by atoms with Crippen molar-refractivity contribution in [2.45, 2.75) is 76.6 Å². The molecule has 2 unspecified atom stereocenters. The van der Waals surface area contributed by atoms with Gasteiger partial charge in [-0.15, -0.1) is 0 Å². The second-order valence-electron chi connectivity index (χ2n) is 11.4. The highest BCUT2D eigenvalue weighted by Gasteiger charge is 2.39. The Morgan fingerprint density at radius 3 is 2.20 bits per heavy atom. The second-order valence-corrected chi connectivity index (χ2v) is 11.4. The van der Waals surface area contributed by atoms with Crippen molar-refractivity contribution >= 4 is 24.0 Å². The average molecular weight is 615 g/mol. The summed E-state index contributed by atoms with van der Waals surface area (Å²) in [6.45, 7) is 3.49. The summed E-state index contributed by atoms with van der Waals surface area (Å²) in [5.74, 6) is -1.41. The van der Waals surface area contributed by atoms with E-state index in [2.05, 4.69) is 5.32 Å². The fraction of sp³-hybridized carbons (Fsp3) is 0.371. The van der Waals surface area contributed by atoms with Gasteiger partial charge in [0.2, 0.25) is 5.91 Å². The summed E-state index contributed by atoms with van der Waals surface area (Å²) in [6, 6.07) is 24.3. The van der Waals surface area contributed by atoms with Gasteiger partial charge in [-0.3, -0.25) is 14.9 Å². The van der Waals surface area contributed by atoms with Gasteiger partial charge in [-0.25, -0.2) is 9.59 Å². The monoisotopic (exact) mass is 614 g/mol. The van der Waals surface area contributed by atoms with Gasteiger partial charge in [-0.05, 0) is 48.9 Å². The molecule has 0 spiro atoms. The third-order valence-electron chi connectivity index (χ3n) is 8.14. The zero-order valence-electron chi connectivity index (χ0n) is 25.4. The number of esters is 2. The lowest BCUT2D eigenvalue weighted by Crippen LogP contribution is -2.56. The summed E-state index contributed by atoms with van der Waals surface area (Å²) in [5, 5.41) is 3.16. The maximum absolute atomic E-state index is 14.0. The van der Waals surface area contributed by atoms with Crippen molar-refractivity contribution in [3.05, 3.63) is 107 Å². The molecule has 10 nitrogen and oxygen atoms in total. The summed E-state index contributed by atoms with van der Waals surface area (Å²) in [7, 11) is 0. The molecule has 0 radical (unpaired) electrons. The fourth-order valence-electron chi connectivity index (χ4n) is 5.55. The maximum atomic E-state index is 14.0. The van der Waals surface area contributed by atoms with E-state index in [4.69, 9.17) is 18.9 Å². The average Bonchev–Trinajstić information content (AvgIpc) is 3.40. The van der Waals surface area contributed by atoms with Crippen LogP contribution in [0.1, 0.15) is 42.5 Å². The van der Waals surface area contributed by atoms with Gasteiger partial charge in [0, 0.05) is 13.0 Å². The number of rotatable bonds is 12. The van der Waals surface area contributed by atoms with E-state index < -0.39 is 48.4 Å². The van der Waals surface area contributed by atoms with Gasteiger partial charge >= 0.3 is 18.1 Å². The van der Waals surface area contributed by atoms with Crippen LogP contribution in [0.25, 0.3) is 0 Å². The lowest BCUT2D eigenvalue weighted by molar-refractivity contribution is -0.158. The minimum Gasteiger partial charge on any atom is -0.460 e. The van der Waals surface area contributed by atoms with Crippen LogP contribution in [0.3, 0.4) is 0 Å². The van der Waals surface area contributed by atoms with Crippen LogP contribution in [-0.4, -0.2) is 65.8 Å². The molecule has 1 N–H and O–H groups in total. The van der Waals surface area contributed by atoms with E-state index in [1.165, 1.54) is 4.90 Å². The number of hydrogen-bond donors (Lipinski definition) is 1. The number of ether oxygens (including phenoxy) is 4. The second kappa shape index (κ2) is 14.9. The standard InChI is InChI=1S/C35H38N2O8/c1-23(36-29(18-17-25-11-5-3-6-12-25)33(39)43-22-31-24(2)44-35(41)45-31)32(38)37-20-28-16-10-9-15-27(28)19-30(37)34(40)42-21-26-13-7-4-8-14-26/h3-16,23-24,29-31,36H,17-22H2,1-2H3/t23-,24?,29-,30-,31?/m0/s1. The van der Waals surface area contributed by atoms with Crippen molar-refractivity contribution in [2.75, 3.05) is 6.61 Å². The Balaban J connectivity index is 1.29. The van der Waals surface area contributed by atoms with E-state index in [9.17, 15) is 19.2 Å². The Bertz CT molecular complexity index is 1480. The molecule has 10 heteroatoms. The molecule has 236 valence electrons. The van der Waals surface area contributed by atoms with E-state index in [-0.39, 0.29) is 25.7 Å². The van der Waals surface area contributed by atoms with Crippen LogP contribution in [0.2, 0.25) is 0 Å². The quantitative estimate of drug-likeness (QED) is 0.237. The SMILES string of the molecule is CC1OC(=O)OC1COC(=O)[C@H](CCc1ccccc1)N[C@@H](C)C(=O)N1Cc2ccccc2C[C@H]1C(=O)OCc1ccccc1. The van der Waals surface area contributed by atoms with E-state index in [1.807, 2.05) is 84.9 Å². The number of cyclic esters (lactones) is 2. The van der Waals surface area contributed by atoms with Crippen LogP contribution >= 0.6 is 0 Å². The Morgan fingerprint density at radius 2 is 1.53 bits per heavy atom. The smallest absolute Gasteiger partial charge is 0.460 e. The third-order valence-corrected chi connectivity index (χ3v) is 8.14. The number of fused-ring (bicyclic) bond motifs is 1. The molecule has 5 rings (SSSR count). The zero-order chi connectivity index (χ0) is 31.8. The highest BCUT2D eigenvalue weighted by atomic mass is 16.8. The van der Waals surface area contributed by atoms with Gasteiger partial charge < -0.3 is 23.8 Å². The summed E-state index contributed by atoms with van der Waals surface area (Å²) in [4.78, 5) is 53.7. The highest BCUT2D eigenvalue weighted by molar-refractivity contribution is 5.89. The first-order valence-electron chi connectivity index (χ1n) is 15.2. The van der Waals surface area contributed by atoms with Crippen molar-refractivity contribution < 1.29 is 38.1 Å². The minimum atomic E-state index is -0.849. The third kappa shape index (κ3) is 8.27. The number of amides is 1. The first-order valence-corrected chi connectivity index (χ1v) is 15.2. The van der Waals surface area contributed by atoms with Crippen molar-refractivity contribution in [1.29, 1.82) is 0 Å². The van der Waals surface area contributed by atoms with E-state index in [0.717, 1.165) is 22.3 Å². The van der Waals surface area contributed by atoms with E-state index in [0.29, 0.717) is 19.3 Å². The van der Waals surface area contributed by atoms with Crippen molar-refractivity contribution in [3.8, 4) is 0 Å². The van der Waals surface area contributed by atoms with Gasteiger partial charge in [-0.1, -0.05) is 84.9 Å². The number of aryl methyl sites for hydroxylation is 1. The molecule has 0 bridgehead atoms. The number of benzene rings is 3. The van der Waals surface area contributed by atoms with Gasteiger partial charge in [0.1, 0.15) is 31.4 Å². The number of nitrogens with one attached hydrogen (secondary N) is 1. The molecule has 1 amide bonds. The van der Waals surface area contributed by atoms with Gasteiger partial charge in [-0.2, -0.15) is 0 Å². The topological polar surface area (TPSA) is 120 Å². The normalized spacial score (nSPS) is 20.3. The van der Waals surface area contributed by atoms with Crippen molar-refractivity contribution in [1.82, 2.24) is 10.2 Å². The lowest BCUT2D eigenvalue weighted by atomic mass is 9.93. The molecule has 0 aliphatic carbocycles. The Labute approximate surface area is 262 Å². The van der Waals surface area contributed by atoms with Gasteiger partial charge in [0.05, 0.1) is 6.04 Å². The Morgan fingerprint density at radius 1 is 0.889 bits per heavy atom. The summed E-state index contributed by atoms with van der Waals surface area (Å²) in [5.41, 5.74) is 3.81. The number of carbonyl (C=O) groups is 4. The first-order chi connectivity index (χ1) is 21.8. The van der Waals surface area contributed by atoms with Gasteiger partial charge in [0.15, 0.2) is 6.10 Å². The van der Waals surface area contributed by atoms with Crippen LogP contribution in [0.4, 0.5) is 4.79 Å². The van der Waals surface area contributed by atoms with E-state index >= 15 is 0 Å². The zero-order valence-corrected chi connectivity index (χ0v) is 25.4. The molecular formula is C35H38N2O8. The van der Waals surface area contributed by atoms with Gasteiger partial charge in [0.25, 0.3) is 0 Å². The fourth-order valence-corrected chi connectivity index (χ4v) is 5.55. The van der Waals surface area contributed by atoms with Crippen LogP contribution in [-0.2, 0) is 59.3 Å². The lowest BCUT2D eigenvalue weighted by Gasteiger charge is -2.37. The summed E-state index contributed by atoms with van der Waals surface area (Å²) < 4.78 is 21.3. The first kappa shape index (κ1) is 31.7. The van der Waals surface area contributed by atoms with Crippen LogP contribution in [0.15, 0.2) is 84.9 Å². The van der Waals surface area contributed by atoms with Crippen molar-refractivity contribution in [3.63, 3.8) is 0 Å². The predicted octanol–water partition coefficient (Wildman–Crippen LogP) is 4.13. The number of carbonyl (C=O) groups excluding carboxylic acids is 4. The summed E-state index contributed by atoms with van der Waals surface area (Å²) >= 11 is 0. The number of nitrogens with zero attached hydrogens (tertiary/aromatic N) is 1. The van der Waals surface area contributed by atoms with Crippen LogP contribution in [0.5, 0.6) is 0 Å². The summed E-state index contributed by atoms with van der Waals surface area (Å²) in [6.07, 6.45) is -0.850. The van der Waals surface area contributed by atoms with E-state index in [1.54, 1.807) is 13.8 Å². The molecule has 0 aromatic heterocycles. The molecule has 2 heterocycles. The van der Waals surface area contributed by atoms with Crippen molar-refractivity contribution in [2.24, 2.45) is 0 Å². The molecule has 0 saturated carbocycles. The minimum absolute atomic E-state index is 0.0982. The molecule has 3 aromatic carbocycles. The van der Waals surface area contributed by atoms with Crippen LogP contribution in [0, 0.1) is 0 Å². The molecular weight excluding hydrogens is 576 g/mol. The molecule has 2 aliphatic rings. The highest BCUT2D eigenvalue weighted by Crippen LogP contribution is 2.25. The Kier molecular flexibility index (Phi) is 10.5. The predicted molar refractivity (Wildman–Crippen MR) is 164 cm³/mol. The molecule has 45 heavy (non-hydrogen) atoms. The largest absolute Gasteiger partial charge is 0.509 e. The number of hydrogen-bond acceptors (Lipinski definition) is 9. The molecule has 1 saturated heterocycles. The maximum Gasteiger partial charge on any atom is 0.509 e. The molecule has 3 aromatic rings. The Hall–Kier alpha value is -4.70. The van der Waals surface area contributed by atoms with Crippen LogP contribution < -0.4 is 5.32 Å². The molecule has 1 fully saturated rings. The molecule has 2 aliphatic heterocycles. The molecule has 5 atom stereocenters.